The number of benzene rings is 1. The van der Waals surface area contributed by atoms with Crippen molar-refractivity contribution in [3.8, 4) is 0 Å². The molecule has 1 atom stereocenters. The number of fused-ring (bicyclic) bond motifs is 6. The molecule has 5 heterocycles. The van der Waals surface area contributed by atoms with E-state index < -0.39 is 0 Å². The summed E-state index contributed by atoms with van der Waals surface area (Å²) in [6, 6.07) is 9.86. The van der Waals surface area contributed by atoms with Crippen molar-refractivity contribution in [2.45, 2.75) is 18.9 Å². The molecule has 3 aromatic rings. The summed E-state index contributed by atoms with van der Waals surface area (Å²) in [6.45, 7) is 3.30. The Balaban J connectivity index is 1.43. The molecule has 122 valence electrons. The van der Waals surface area contributed by atoms with Gasteiger partial charge in [0.2, 0.25) is 0 Å². The molecule has 0 saturated carbocycles. The summed E-state index contributed by atoms with van der Waals surface area (Å²) in [5.41, 5.74) is 1.97. The first-order valence-corrected chi connectivity index (χ1v) is 8.58. The van der Waals surface area contributed by atoms with E-state index in [1.54, 1.807) is 12.3 Å². The molecule has 3 aliphatic rings. The molecule has 2 aromatic heterocycles. The number of para-hydroxylation sites is 1. The number of rotatable bonds is 2. The van der Waals surface area contributed by atoms with Crippen LogP contribution in [0.2, 0.25) is 0 Å². The fraction of sp³-hybridized carbons (Fsp3) is 0.368. The van der Waals surface area contributed by atoms with Gasteiger partial charge in [-0.25, -0.2) is 0 Å². The van der Waals surface area contributed by atoms with Crippen LogP contribution in [0.1, 0.15) is 23.3 Å². The van der Waals surface area contributed by atoms with Crippen molar-refractivity contribution in [1.82, 2.24) is 15.2 Å². The zero-order valence-electron chi connectivity index (χ0n) is 13.4. The summed E-state index contributed by atoms with van der Waals surface area (Å²) in [5.74, 6) is 0.505. The first-order valence-electron chi connectivity index (χ1n) is 8.58. The number of hydrogen-bond donors (Lipinski definition) is 1. The number of pyridine rings is 1. The minimum atomic E-state index is -0.101. The maximum atomic E-state index is 12.6. The number of nitrogens with one attached hydrogen (secondary N) is 1. The van der Waals surface area contributed by atoms with E-state index in [9.17, 15) is 4.79 Å². The maximum Gasteiger partial charge on any atom is 0.270 e. The van der Waals surface area contributed by atoms with Gasteiger partial charge >= 0.3 is 0 Å². The lowest BCUT2D eigenvalue weighted by atomic mass is 9.84. The molecular formula is C19H19N3O2. The van der Waals surface area contributed by atoms with E-state index in [2.05, 4.69) is 15.2 Å². The third kappa shape index (κ3) is 2.19. The summed E-state index contributed by atoms with van der Waals surface area (Å²) in [4.78, 5) is 19.4. The van der Waals surface area contributed by atoms with Gasteiger partial charge in [0.05, 0.1) is 0 Å². The van der Waals surface area contributed by atoms with Crippen LogP contribution in [0.4, 0.5) is 0 Å². The lowest BCUT2D eigenvalue weighted by Crippen LogP contribution is -2.57. The van der Waals surface area contributed by atoms with Crippen LogP contribution in [0, 0.1) is 5.92 Å². The third-order valence-electron chi connectivity index (χ3n) is 5.47. The Morgan fingerprint density at radius 3 is 2.79 bits per heavy atom. The van der Waals surface area contributed by atoms with Gasteiger partial charge in [-0.3, -0.25) is 9.78 Å². The second kappa shape index (κ2) is 5.31. The Labute approximate surface area is 139 Å². The van der Waals surface area contributed by atoms with E-state index in [-0.39, 0.29) is 11.9 Å². The van der Waals surface area contributed by atoms with Crippen molar-refractivity contribution >= 4 is 27.8 Å². The monoisotopic (exact) mass is 321 g/mol. The first-order chi connectivity index (χ1) is 11.8. The van der Waals surface area contributed by atoms with E-state index >= 15 is 0 Å². The van der Waals surface area contributed by atoms with E-state index in [1.807, 2.05) is 24.3 Å². The number of furan rings is 1. The highest BCUT2D eigenvalue weighted by Gasteiger charge is 2.35. The van der Waals surface area contributed by atoms with Crippen LogP contribution in [-0.2, 0) is 0 Å². The molecule has 0 radical (unpaired) electrons. The van der Waals surface area contributed by atoms with Gasteiger partial charge in [0.25, 0.3) is 5.91 Å². The van der Waals surface area contributed by atoms with Crippen molar-refractivity contribution in [2.24, 2.45) is 5.92 Å². The zero-order valence-corrected chi connectivity index (χ0v) is 13.4. The number of aromatic nitrogens is 1. The maximum absolute atomic E-state index is 12.6. The molecule has 3 aliphatic heterocycles. The topological polar surface area (TPSA) is 58.4 Å². The van der Waals surface area contributed by atoms with Gasteiger partial charge in [0.1, 0.15) is 16.9 Å². The van der Waals surface area contributed by atoms with Crippen molar-refractivity contribution in [3.05, 3.63) is 42.2 Å². The average Bonchev–Trinajstić information content (AvgIpc) is 3.00. The minimum Gasteiger partial charge on any atom is -0.456 e. The summed E-state index contributed by atoms with van der Waals surface area (Å²) in [7, 11) is 0. The van der Waals surface area contributed by atoms with Crippen LogP contribution in [-0.4, -0.2) is 41.5 Å². The number of carbonyl (C=O) groups excluding carboxylic acids is 1. The fourth-order valence-corrected chi connectivity index (χ4v) is 4.12. The van der Waals surface area contributed by atoms with Crippen molar-refractivity contribution < 1.29 is 9.21 Å². The number of nitrogens with zero attached hydrogens (tertiary/aromatic N) is 2. The van der Waals surface area contributed by atoms with E-state index in [0.717, 1.165) is 22.9 Å². The molecule has 1 amide bonds. The molecule has 5 heteroatoms. The number of amides is 1. The summed E-state index contributed by atoms with van der Waals surface area (Å²) >= 11 is 0. The number of hydrogen-bond acceptors (Lipinski definition) is 4. The highest BCUT2D eigenvalue weighted by Crippen LogP contribution is 2.29. The molecule has 3 fully saturated rings. The van der Waals surface area contributed by atoms with Crippen molar-refractivity contribution in [1.29, 1.82) is 0 Å². The van der Waals surface area contributed by atoms with Crippen molar-refractivity contribution in [2.75, 3.05) is 19.6 Å². The minimum absolute atomic E-state index is 0.101. The Morgan fingerprint density at radius 2 is 2.00 bits per heavy atom. The quantitative estimate of drug-likeness (QED) is 0.788. The van der Waals surface area contributed by atoms with Gasteiger partial charge in [0.15, 0.2) is 0 Å². The number of carbonyl (C=O) groups is 1. The second-order valence-electron chi connectivity index (χ2n) is 6.88. The Morgan fingerprint density at radius 1 is 1.17 bits per heavy atom. The molecular weight excluding hydrogens is 302 g/mol. The molecule has 2 bridgehead atoms. The third-order valence-corrected chi connectivity index (χ3v) is 5.47. The molecule has 0 unspecified atom stereocenters. The normalized spacial score (nSPS) is 26.1. The fourth-order valence-electron chi connectivity index (χ4n) is 4.12. The predicted octanol–water partition coefficient (Wildman–Crippen LogP) is 2.81. The predicted molar refractivity (Wildman–Crippen MR) is 91.9 cm³/mol. The molecule has 0 aliphatic carbocycles. The van der Waals surface area contributed by atoms with Gasteiger partial charge < -0.3 is 14.6 Å². The summed E-state index contributed by atoms with van der Waals surface area (Å²) in [5, 5.41) is 5.16. The molecule has 0 spiro atoms. The summed E-state index contributed by atoms with van der Waals surface area (Å²) in [6.07, 6.45) is 4.11. The second-order valence-corrected chi connectivity index (χ2v) is 6.88. The lowest BCUT2D eigenvalue weighted by molar-refractivity contribution is 0.0618. The molecule has 1 N–H and O–H groups in total. The highest BCUT2D eigenvalue weighted by atomic mass is 16.3. The van der Waals surface area contributed by atoms with Gasteiger partial charge in [0, 0.05) is 35.6 Å². The van der Waals surface area contributed by atoms with Crippen LogP contribution in [0.5, 0.6) is 0 Å². The molecule has 5 nitrogen and oxygen atoms in total. The lowest BCUT2D eigenvalue weighted by Gasteiger charge is -2.44. The van der Waals surface area contributed by atoms with Crippen LogP contribution >= 0.6 is 0 Å². The van der Waals surface area contributed by atoms with Crippen LogP contribution in [0.3, 0.4) is 0 Å². The first kappa shape index (κ1) is 14.0. The molecule has 1 aromatic carbocycles. The summed E-state index contributed by atoms with van der Waals surface area (Å²) < 4.78 is 5.85. The number of piperidine rings is 3. The SMILES string of the molecule is O=C(N[C@H]1CN2CCC1CC2)c1cc2oc3ccccc3c2cn1. The van der Waals surface area contributed by atoms with E-state index in [1.165, 1.54) is 25.9 Å². The van der Waals surface area contributed by atoms with Crippen LogP contribution in [0.25, 0.3) is 21.9 Å². The zero-order chi connectivity index (χ0) is 16.1. The molecule has 6 rings (SSSR count). The van der Waals surface area contributed by atoms with Gasteiger partial charge in [-0.05, 0) is 37.9 Å². The smallest absolute Gasteiger partial charge is 0.270 e. The van der Waals surface area contributed by atoms with Gasteiger partial charge in [-0.2, -0.15) is 0 Å². The van der Waals surface area contributed by atoms with Gasteiger partial charge in [-0.1, -0.05) is 18.2 Å². The van der Waals surface area contributed by atoms with E-state index in [4.69, 9.17) is 4.42 Å². The average molecular weight is 321 g/mol. The largest absolute Gasteiger partial charge is 0.456 e. The Hall–Kier alpha value is -2.40. The Bertz CT molecular complexity index is 925. The Kier molecular flexibility index (Phi) is 3.10. The van der Waals surface area contributed by atoms with Crippen LogP contribution < -0.4 is 5.32 Å². The van der Waals surface area contributed by atoms with Gasteiger partial charge in [-0.15, -0.1) is 0 Å². The molecule has 3 saturated heterocycles. The van der Waals surface area contributed by atoms with Crippen molar-refractivity contribution in [3.63, 3.8) is 0 Å². The van der Waals surface area contributed by atoms with Crippen LogP contribution in [0.15, 0.2) is 40.9 Å². The molecule has 24 heavy (non-hydrogen) atoms. The highest BCUT2D eigenvalue weighted by molar-refractivity contribution is 6.06. The standard InChI is InChI=1S/C19H19N3O2/c23-19(21-16-11-22-7-5-12(16)6-8-22)15-9-18-14(10-20-15)13-3-1-2-4-17(13)24-18/h1-4,9-10,12,16H,5-8,11H2,(H,21,23)/t16-/m0/s1. The van der Waals surface area contributed by atoms with E-state index in [0.29, 0.717) is 17.2 Å².